The van der Waals surface area contributed by atoms with Crippen LogP contribution >= 0.6 is 0 Å². The van der Waals surface area contributed by atoms with Gasteiger partial charge in [-0.1, -0.05) is 38.1 Å². The lowest BCUT2D eigenvalue weighted by molar-refractivity contribution is -0.120. The van der Waals surface area contributed by atoms with Gasteiger partial charge in [0.2, 0.25) is 5.91 Å². The van der Waals surface area contributed by atoms with Crippen molar-refractivity contribution in [3.63, 3.8) is 0 Å². The average Bonchev–Trinajstić information content (AvgIpc) is 3.96. The van der Waals surface area contributed by atoms with E-state index in [0.29, 0.717) is 36.9 Å². The van der Waals surface area contributed by atoms with E-state index >= 15 is 0 Å². The fourth-order valence-electron chi connectivity index (χ4n) is 8.51. The number of benzene rings is 2. The number of urea groups is 1. The van der Waals surface area contributed by atoms with Crippen LogP contribution in [0.25, 0.3) is 33.5 Å². The van der Waals surface area contributed by atoms with Crippen molar-refractivity contribution in [1.29, 1.82) is 0 Å². The fraction of sp³-hybridized carbons (Fsp3) is 0.391. The molecular weight excluding hydrogens is 785 g/mol. The molecule has 0 atom stereocenters. The summed E-state index contributed by atoms with van der Waals surface area (Å²) in [6, 6.07) is 20.2. The van der Waals surface area contributed by atoms with Crippen molar-refractivity contribution in [3.8, 4) is 22.5 Å². The number of pyridine rings is 2. The molecule has 0 bridgehead atoms. The van der Waals surface area contributed by atoms with Gasteiger partial charge in [-0.2, -0.15) is 10.1 Å². The number of nitrogens with zero attached hydrogens (tertiary/aromatic N) is 9. The Hall–Kier alpha value is -6.68. The molecule has 4 aromatic heterocycles. The molecule has 3 fully saturated rings. The fourth-order valence-corrected chi connectivity index (χ4v) is 8.51. The number of piperidine rings is 1. The number of carbonyl (C=O) groups excluding carboxylic acids is 3. The van der Waals surface area contributed by atoms with Gasteiger partial charge >= 0.3 is 17.8 Å². The SMILES string of the molecule is Cc1cc(-c2[nH]nc3ncc(-c4ccc(N5CCN(CC6CCN(c7ccc(N8CCC(=O)NC8=O)cc7)CC6)CC5)cn4)cc23)ccc1CNC(=O)c1nc(C(C)(C)C)no1. The average molecular weight is 837 g/mol. The smallest absolute Gasteiger partial charge is 0.328 e. The summed E-state index contributed by atoms with van der Waals surface area (Å²) in [5, 5.41) is 17.8. The number of rotatable bonds is 10. The number of anilines is 3. The van der Waals surface area contributed by atoms with E-state index in [-0.39, 0.29) is 23.2 Å². The van der Waals surface area contributed by atoms with E-state index < -0.39 is 5.91 Å². The second kappa shape index (κ2) is 17.0. The summed E-state index contributed by atoms with van der Waals surface area (Å²) in [5.74, 6) is 0.482. The number of hydrogen-bond acceptors (Lipinski definition) is 12. The highest BCUT2D eigenvalue weighted by Gasteiger charge is 2.27. The number of carbonyl (C=O) groups is 3. The van der Waals surface area contributed by atoms with E-state index in [2.05, 4.69) is 87.1 Å². The van der Waals surface area contributed by atoms with Crippen LogP contribution < -0.4 is 25.3 Å². The van der Waals surface area contributed by atoms with E-state index in [0.717, 1.165) is 109 Å². The molecule has 320 valence electrons. The summed E-state index contributed by atoms with van der Waals surface area (Å²) in [6.45, 7) is 15.8. The van der Waals surface area contributed by atoms with Gasteiger partial charge in [-0.25, -0.2) is 9.78 Å². The minimum Gasteiger partial charge on any atom is -0.372 e. The summed E-state index contributed by atoms with van der Waals surface area (Å²) in [7, 11) is 0. The second-order valence-electron chi connectivity index (χ2n) is 17.6. The molecule has 2 aromatic carbocycles. The van der Waals surface area contributed by atoms with E-state index in [1.54, 1.807) is 4.90 Å². The van der Waals surface area contributed by atoms with Gasteiger partial charge in [-0.3, -0.25) is 34.8 Å². The van der Waals surface area contributed by atoms with E-state index in [1.807, 2.05) is 64.4 Å². The maximum absolute atomic E-state index is 12.7. The van der Waals surface area contributed by atoms with Crippen LogP contribution in [0.2, 0.25) is 0 Å². The number of hydrogen-bond donors (Lipinski definition) is 3. The van der Waals surface area contributed by atoms with Crippen molar-refractivity contribution in [2.45, 2.75) is 58.9 Å². The first-order valence-electron chi connectivity index (χ1n) is 21.4. The molecule has 62 heavy (non-hydrogen) atoms. The highest BCUT2D eigenvalue weighted by atomic mass is 16.5. The minimum absolute atomic E-state index is 0.0471. The molecule has 3 aliphatic heterocycles. The molecule has 0 radical (unpaired) electrons. The molecule has 0 unspecified atom stereocenters. The predicted molar refractivity (Wildman–Crippen MR) is 237 cm³/mol. The highest BCUT2D eigenvalue weighted by Crippen LogP contribution is 2.32. The zero-order valence-corrected chi connectivity index (χ0v) is 35.6. The van der Waals surface area contributed by atoms with Gasteiger partial charge in [0.15, 0.2) is 11.5 Å². The molecule has 7 heterocycles. The maximum Gasteiger partial charge on any atom is 0.328 e. The number of amides is 4. The topological polar surface area (TPSA) is 182 Å². The Balaban J connectivity index is 0.759. The largest absolute Gasteiger partial charge is 0.372 e. The third-order valence-electron chi connectivity index (χ3n) is 12.3. The second-order valence-corrected chi connectivity index (χ2v) is 17.6. The van der Waals surface area contributed by atoms with Crippen molar-refractivity contribution < 1.29 is 18.9 Å². The number of aromatic amines is 1. The van der Waals surface area contributed by atoms with Crippen molar-refractivity contribution in [1.82, 2.24) is 45.8 Å². The maximum atomic E-state index is 12.7. The zero-order chi connectivity index (χ0) is 43.0. The van der Waals surface area contributed by atoms with Crippen molar-refractivity contribution in [3.05, 3.63) is 95.9 Å². The Labute approximate surface area is 360 Å². The zero-order valence-electron chi connectivity index (χ0n) is 35.6. The first kappa shape index (κ1) is 40.7. The summed E-state index contributed by atoms with van der Waals surface area (Å²) in [5.41, 5.74) is 9.00. The first-order chi connectivity index (χ1) is 29.9. The Morgan fingerprint density at radius 1 is 0.839 bits per heavy atom. The van der Waals surface area contributed by atoms with Crippen LogP contribution in [-0.2, 0) is 16.8 Å². The minimum atomic E-state index is -0.409. The van der Waals surface area contributed by atoms with Gasteiger partial charge in [-0.05, 0) is 85.3 Å². The molecule has 0 saturated carbocycles. The summed E-state index contributed by atoms with van der Waals surface area (Å²) in [4.78, 5) is 59.4. The van der Waals surface area contributed by atoms with Crippen LogP contribution in [-0.4, -0.2) is 105 Å². The number of piperazine rings is 1. The number of H-pyrrole nitrogens is 1. The molecule has 0 aliphatic carbocycles. The van der Waals surface area contributed by atoms with Crippen LogP contribution in [0.3, 0.4) is 0 Å². The van der Waals surface area contributed by atoms with Gasteiger partial charge in [0, 0.05) is 105 Å². The van der Waals surface area contributed by atoms with Gasteiger partial charge < -0.3 is 19.6 Å². The Kier molecular flexibility index (Phi) is 11.2. The third kappa shape index (κ3) is 8.73. The molecule has 0 spiro atoms. The summed E-state index contributed by atoms with van der Waals surface area (Å²) in [6.07, 6.45) is 6.42. The highest BCUT2D eigenvalue weighted by molar-refractivity contribution is 6.05. The first-order valence-corrected chi connectivity index (χ1v) is 21.4. The molecular formula is C46H52N12O4. The van der Waals surface area contributed by atoms with Gasteiger partial charge in [0.1, 0.15) is 0 Å². The molecule has 16 nitrogen and oxygen atoms in total. The lowest BCUT2D eigenvalue weighted by atomic mass is 9.95. The molecule has 4 amide bonds. The number of fused-ring (bicyclic) bond motifs is 1. The number of nitrogens with one attached hydrogen (secondary N) is 3. The van der Waals surface area contributed by atoms with E-state index in [9.17, 15) is 14.4 Å². The standard InChI is InChI=1S/C46H52N12O4/c1-29-23-31(5-6-32(29)25-49-42(60)43-51-44(54-62-43)46(2,3)4)40-37-24-33(26-48-41(37)53-52-40)38-12-11-36(27-47-38)57-21-19-55(20-22-57)28-30-13-16-56(17-14-30)34-7-9-35(10-8-34)58-18-15-39(59)50-45(58)61/h5-12,23-24,26-27,30H,13-22,25,28H2,1-4H3,(H,49,60)(H,48,52,53)(H,50,59,61). The Morgan fingerprint density at radius 3 is 2.27 bits per heavy atom. The summed E-state index contributed by atoms with van der Waals surface area (Å²) >= 11 is 0. The molecule has 3 N–H and O–H groups in total. The third-order valence-corrected chi connectivity index (χ3v) is 12.3. The number of aryl methyl sites for hydroxylation is 1. The molecule has 3 aliphatic rings. The van der Waals surface area contributed by atoms with Gasteiger partial charge in [0.25, 0.3) is 0 Å². The lowest BCUT2D eigenvalue weighted by Gasteiger charge is -2.40. The van der Waals surface area contributed by atoms with Crippen LogP contribution in [0.15, 0.2) is 77.6 Å². The Bertz CT molecular complexity index is 2580. The van der Waals surface area contributed by atoms with Gasteiger partial charge in [0.05, 0.1) is 23.3 Å². The van der Waals surface area contributed by atoms with E-state index in [1.165, 1.54) is 5.69 Å². The Morgan fingerprint density at radius 2 is 1.58 bits per heavy atom. The molecule has 9 rings (SSSR count). The van der Waals surface area contributed by atoms with Crippen LogP contribution in [0.5, 0.6) is 0 Å². The van der Waals surface area contributed by atoms with Crippen LogP contribution in [0, 0.1) is 12.8 Å². The van der Waals surface area contributed by atoms with Crippen molar-refractivity contribution in [2.75, 3.05) is 67.1 Å². The van der Waals surface area contributed by atoms with Crippen molar-refractivity contribution in [2.24, 2.45) is 5.92 Å². The number of imide groups is 1. The van der Waals surface area contributed by atoms with Crippen molar-refractivity contribution >= 4 is 45.9 Å². The van der Waals surface area contributed by atoms with Crippen LogP contribution in [0.4, 0.5) is 21.9 Å². The molecule has 3 saturated heterocycles. The normalized spacial score (nSPS) is 16.9. The van der Waals surface area contributed by atoms with Crippen LogP contribution in [0.1, 0.15) is 67.7 Å². The number of aromatic nitrogens is 6. The molecule has 6 aromatic rings. The molecule has 16 heteroatoms. The van der Waals surface area contributed by atoms with E-state index in [4.69, 9.17) is 9.51 Å². The van der Waals surface area contributed by atoms with Gasteiger partial charge in [-0.15, -0.1) is 0 Å². The lowest BCUT2D eigenvalue weighted by Crippen LogP contribution is -2.49. The monoisotopic (exact) mass is 836 g/mol. The quantitative estimate of drug-likeness (QED) is 0.145. The summed E-state index contributed by atoms with van der Waals surface area (Å²) < 4.78 is 5.20. The predicted octanol–water partition coefficient (Wildman–Crippen LogP) is 6.09.